The molecule has 2 nitrogen and oxygen atoms in total. The van der Waals surface area contributed by atoms with Crippen molar-refractivity contribution in [2.75, 3.05) is 19.6 Å². The van der Waals surface area contributed by atoms with E-state index in [0.717, 1.165) is 12.5 Å². The lowest BCUT2D eigenvalue weighted by atomic mass is 9.96. The minimum atomic E-state index is 0. The number of nitrogens with zero attached hydrogens (tertiary/aromatic N) is 1. The van der Waals surface area contributed by atoms with Crippen LogP contribution in [0.2, 0.25) is 0 Å². The predicted molar refractivity (Wildman–Crippen MR) is 89.4 cm³/mol. The third kappa shape index (κ3) is 5.43. The molecule has 0 bridgehead atoms. The molecule has 3 heteroatoms. The molecule has 20 heavy (non-hydrogen) atoms. The van der Waals surface area contributed by atoms with E-state index < -0.39 is 0 Å². The molecule has 1 aromatic rings. The summed E-state index contributed by atoms with van der Waals surface area (Å²) in [6.07, 6.45) is 3.90. The van der Waals surface area contributed by atoms with Gasteiger partial charge in [-0.2, -0.15) is 0 Å². The highest BCUT2D eigenvalue weighted by Gasteiger charge is 2.20. The Morgan fingerprint density at radius 2 is 1.85 bits per heavy atom. The summed E-state index contributed by atoms with van der Waals surface area (Å²) in [6.45, 7) is 9.41. The third-order valence-corrected chi connectivity index (χ3v) is 4.39. The molecule has 1 aliphatic heterocycles. The minimum Gasteiger partial charge on any atom is -0.317 e. The van der Waals surface area contributed by atoms with Gasteiger partial charge in [-0.25, -0.2) is 0 Å². The van der Waals surface area contributed by atoms with Crippen LogP contribution in [0.5, 0.6) is 0 Å². The predicted octanol–water partition coefficient (Wildman–Crippen LogP) is 3.71. The van der Waals surface area contributed by atoms with Gasteiger partial charge in [0.2, 0.25) is 0 Å². The first-order valence-corrected chi connectivity index (χ1v) is 7.78. The first kappa shape index (κ1) is 17.5. The molecule has 1 saturated heterocycles. The Labute approximate surface area is 130 Å². The van der Waals surface area contributed by atoms with Gasteiger partial charge in [0, 0.05) is 19.1 Å². The Morgan fingerprint density at radius 1 is 1.20 bits per heavy atom. The Balaban J connectivity index is 0.00000200. The highest BCUT2D eigenvalue weighted by Crippen LogP contribution is 2.18. The fraction of sp³-hybridized carbons (Fsp3) is 0.647. The van der Waals surface area contributed by atoms with Crippen LogP contribution < -0.4 is 5.32 Å². The first-order chi connectivity index (χ1) is 9.29. The van der Waals surface area contributed by atoms with E-state index >= 15 is 0 Å². The van der Waals surface area contributed by atoms with E-state index in [2.05, 4.69) is 54.4 Å². The number of benzene rings is 1. The summed E-state index contributed by atoms with van der Waals surface area (Å²) in [6, 6.07) is 11.6. The van der Waals surface area contributed by atoms with Crippen LogP contribution in [0.4, 0.5) is 0 Å². The molecule has 2 rings (SSSR count). The minimum absolute atomic E-state index is 0. The highest BCUT2D eigenvalue weighted by molar-refractivity contribution is 5.85. The quantitative estimate of drug-likeness (QED) is 0.861. The largest absolute Gasteiger partial charge is 0.317 e. The Kier molecular flexibility index (Phi) is 8.20. The van der Waals surface area contributed by atoms with Crippen molar-refractivity contribution < 1.29 is 0 Å². The summed E-state index contributed by atoms with van der Waals surface area (Å²) >= 11 is 0. The average molecular weight is 297 g/mol. The van der Waals surface area contributed by atoms with Crippen molar-refractivity contribution in [2.45, 2.75) is 45.7 Å². The molecule has 1 heterocycles. The number of rotatable bonds is 6. The smallest absolute Gasteiger partial charge is 0.0236 e. The third-order valence-electron chi connectivity index (χ3n) is 4.39. The van der Waals surface area contributed by atoms with Gasteiger partial charge in [-0.3, -0.25) is 4.90 Å². The number of halogens is 1. The fourth-order valence-electron chi connectivity index (χ4n) is 2.87. The van der Waals surface area contributed by atoms with Gasteiger partial charge in [0.15, 0.2) is 0 Å². The lowest BCUT2D eigenvalue weighted by Gasteiger charge is -2.34. The molecular formula is C17H29ClN2. The number of hydrogen-bond acceptors (Lipinski definition) is 2. The first-order valence-electron chi connectivity index (χ1n) is 7.78. The Bertz CT molecular complexity index is 349. The van der Waals surface area contributed by atoms with Crippen LogP contribution in [0.1, 0.15) is 38.7 Å². The summed E-state index contributed by atoms with van der Waals surface area (Å²) in [5.74, 6) is 0.874. The second-order valence-corrected chi connectivity index (χ2v) is 5.87. The SMILES string of the molecule is CCC(C)N(Cc1ccccc1)CC1CCNCC1.Cl. The summed E-state index contributed by atoms with van der Waals surface area (Å²) in [7, 11) is 0. The summed E-state index contributed by atoms with van der Waals surface area (Å²) in [5, 5.41) is 3.46. The van der Waals surface area contributed by atoms with E-state index in [1.165, 1.54) is 44.5 Å². The van der Waals surface area contributed by atoms with Gasteiger partial charge >= 0.3 is 0 Å². The summed E-state index contributed by atoms with van der Waals surface area (Å²) in [5.41, 5.74) is 1.44. The molecule has 0 amide bonds. The highest BCUT2D eigenvalue weighted by atomic mass is 35.5. The van der Waals surface area contributed by atoms with Crippen molar-refractivity contribution in [3.63, 3.8) is 0 Å². The maximum atomic E-state index is 3.46. The summed E-state index contributed by atoms with van der Waals surface area (Å²) < 4.78 is 0. The zero-order chi connectivity index (χ0) is 13.5. The number of nitrogens with one attached hydrogen (secondary N) is 1. The molecule has 1 atom stereocenters. The van der Waals surface area contributed by atoms with E-state index in [1.54, 1.807) is 0 Å². The van der Waals surface area contributed by atoms with Gasteiger partial charge in [0.1, 0.15) is 0 Å². The molecule has 1 fully saturated rings. The zero-order valence-electron chi connectivity index (χ0n) is 12.8. The topological polar surface area (TPSA) is 15.3 Å². The Hall–Kier alpha value is -0.570. The summed E-state index contributed by atoms with van der Waals surface area (Å²) in [4.78, 5) is 2.67. The molecule has 1 N–H and O–H groups in total. The van der Waals surface area contributed by atoms with Crippen LogP contribution in [0.25, 0.3) is 0 Å². The van der Waals surface area contributed by atoms with Crippen molar-refractivity contribution in [3.8, 4) is 0 Å². The monoisotopic (exact) mass is 296 g/mol. The maximum Gasteiger partial charge on any atom is 0.0236 e. The molecule has 0 aromatic heterocycles. The maximum absolute atomic E-state index is 3.46. The standard InChI is InChI=1S/C17H28N2.ClH/c1-3-15(2)19(13-16-7-5-4-6-8-16)14-17-9-11-18-12-10-17;/h4-8,15,17-18H,3,9-14H2,1-2H3;1H. The Morgan fingerprint density at radius 3 is 2.45 bits per heavy atom. The molecule has 1 aliphatic rings. The molecular weight excluding hydrogens is 268 g/mol. The molecule has 0 radical (unpaired) electrons. The van der Waals surface area contributed by atoms with Gasteiger partial charge in [-0.15, -0.1) is 12.4 Å². The van der Waals surface area contributed by atoms with E-state index in [1.807, 2.05) is 0 Å². The van der Waals surface area contributed by atoms with Crippen molar-refractivity contribution in [2.24, 2.45) is 5.92 Å². The molecule has 0 saturated carbocycles. The number of piperidine rings is 1. The zero-order valence-corrected chi connectivity index (χ0v) is 13.7. The molecule has 0 aliphatic carbocycles. The lowest BCUT2D eigenvalue weighted by molar-refractivity contribution is 0.149. The second-order valence-electron chi connectivity index (χ2n) is 5.87. The van der Waals surface area contributed by atoms with Crippen LogP contribution >= 0.6 is 12.4 Å². The molecule has 1 aromatic carbocycles. The van der Waals surface area contributed by atoms with Crippen molar-refractivity contribution in [1.29, 1.82) is 0 Å². The van der Waals surface area contributed by atoms with Gasteiger partial charge in [-0.05, 0) is 50.8 Å². The van der Waals surface area contributed by atoms with E-state index in [0.29, 0.717) is 6.04 Å². The van der Waals surface area contributed by atoms with Crippen LogP contribution in [0.15, 0.2) is 30.3 Å². The normalized spacial score (nSPS) is 17.8. The van der Waals surface area contributed by atoms with Crippen molar-refractivity contribution in [1.82, 2.24) is 10.2 Å². The average Bonchev–Trinajstić information content (AvgIpc) is 2.48. The van der Waals surface area contributed by atoms with Gasteiger partial charge in [0.25, 0.3) is 0 Å². The van der Waals surface area contributed by atoms with Crippen LogP contribution in [-0.2, 0) is 6.54 Å². The second kappa shape index (κ2) is 9.38. The van der Waals surface area contributed by atoms with Gasteiger partial charge in [0.05, 0.1) is 0 Å². The van der Waals surface area contributed by atoms with E-state index in [9.17, 15) is 0 Å². The molecule has 0 spiro atoms. The van der Waals surface area contributed by atoms with Crippen LogP contribution in [0, 0.1) is 5.92 Å². The van der Waals surface area contributed by atoms with Gasteiger partial charge < -0.3 is 5.32 Å². The van der Waals surface area contributed by atoms with Gasteiger partial charge in [-0.1, -0.05) is 37.3 Å². The fourth-order valence-corrected chi connectivity index (χ4v) is 2.87. The van der Waals surface area contributed by atoms with E-state index in [4.69, 9.17) is 0 Å². The number of hydrogen-bond donors (Lipinski definition) is 1. The van der Waals surface area contributed by atoms with E-state index in [-0.39, 0.29) is 12.4 Å². The van der Waals surface area contributed by atoms with Crippen LogP contribution in [-0.4, -0.2) is 30.6 Å². The molecule has 1 unspecified atom stereocenters. The lowest BCUT2D eigenvalue weighted by Crippen LogP contribution is -2.39. The molecule has 114 valence electrons. The van der Waals surface area contributed by atoms with Crippen molar-refractivity contribution in [3.05, 3.63) is 35.9 Å². The van der Waals surface area contributed by atoms with Crippen molar-refractivity contribution >= 4 is 12.4 Å². The van der Waals surface area contributed by atoms with Crippen LogP contribution in [0.3, 0.4) is 0 Å².